The van der Waals surface area contributed by atoms with Crippen molar-refractivity contribution in [2.75, 3.05) is 24.6 Å². The van der Waals surface area contributed by atoms with E-state index in [0.29, 0.717) is 23.3 Å². The topological polar surface area (TPSA) is 63.4 Å². The number of benzene rings is 1. The fraction of sp³-hybridized carbons (Fsp3) is 0.455. The molecule has 1 unspecified atom stereocenters. The standard InChI is InChI=1S/C11H14BrFN2O2S2/c1-7-6-15(2-3-18-7)19(16,17)11-5-10(14)8(12)4-9(11)13/h4-5,7H,2-3,6,14H2,1H3. The second-order valence-electron chi connectivity index (χ2n) is 4.35. The van der Waals surface area contributed by atoms with Crippen LogP contribution in [0.2, 0.25) is 0 Å². The van der Waals surface area contributed by atoms with Crippen molar-refractivity contribution in [3.8, 4) is 0 Å². The van der Waals surface area contributed by atoms with Gasteiger partial charge in [-0.3, -0.25) is 0 Å². The molecule has 8 heteroatoms. The Morgan fingerprint density at radius 2 is 2.21 bits per heavy atom. The van der Waals surface area contributed by atoms with E-state index in [4.69, 9.17) is 5.73 Å². The van der Waals surface area contributed by atoms with Crippen molar-refractivity contribution in [2.24, 2.45) is 0 Å². The number of nitrogen functional groups attached to an aromatic ring is 1. The van der Waals surface area contributed by atoms with Crippen molar-refractivity contribution in [3.63, 3.8) is 0 Å². The third-order valence-electron chi connectivity index (χ3n) is 2.87. The van der Waals surface area contributed by atoms with Gasteiger partial charge in [0, 0.05) is 34.3 Å². The Morgan fingerprint density at radius 1 is 1.53 bits per heavy atom. The number of nitrogens with two attached hydrogens (primary N) is 1. The molecular formula is C11H14BrFN2O2S2. The van der Waals surface area contributed by atoms with Crippen molar-refractivity contribution >= 4 is 43.4 Å². The largest absolute Gasteiger partial charge is 0.398 e. The molecule has 0 aromatic heterocycles. The summed E-state index contributed by atoms with van der Waals surface area (Å²) in [6.45, 7) is 2.74. The van der Waals surface area contributed by atoms with Gasteiger partial charge >= 0.3 is 0 Å². The molecule has 2 rings (SSSR count). The predicted molar refractivity (Wildman–Crippen MR) is 79.2 cm³/mol. The zero-order valence-corrected chi connectivity index (χ0v) is 13.5. The summed E-state index contributed by atoms with van der Waals surface area (Å²) in [6, 6.07) is 2.26. The Bertz CT molecular complexity index is 595. The second-order valence-corrected chi connectivity index (χ2v) is 8.66. The Kier molecular flexibility index (Phi) is 4.44. The highest BCUT2D eigenvalue weighted by molar-refractivity contribution is 9.10. The smallest absolute Gasteiger partial charge is 0.246 e. The molecular weight excluding hydrogens is 355 g/mol. The molecule has 0 aliphatic carbocycles. The van der Waals surface area contributed by atoms with Crippen LogP contribution in [0, 0.1) is 5.82 Å². The number of thioether (sulfide) groups is 1. The highest BCUT2D eigenvalue weighted by Gasteiger charge is 2.31. The quantitative estimate of drug-likeness (QED) is 0.813. The summed E-state index contributed by atoms with van der Waals surface area (Å²) in [7, 11) is -3.82. The minimum atomic E-state index is -3.82. The summed E-state index contributed by atoms with van der Waals surface area (Å²) in [5, 5.41) is 0.208. The number of halogens is 2. The Labute approximate surface area is 124 Å². The minimum absolute atomic E-state index is 0.208. The first-order valence-corrected chi connectivity index (χ1v) is 8.97. The van der Waals surface area contributed by atoms with E-state index in [2.05, 4.69) is 15.9 Å². The molecule has 0 radical (unpaired) electrons. The van der Waals surface area contributed by atoms with Crippen LogP contribution >= 0.6 is 27.7 Å². The van der Waals surface area contributed by atoms with E-state index in [1.54, 1.807) is 11.8 Å². The van der Waals surface area contributed by atoms with Gasteiger partial charge < -0.3 is 5.73 Å². The zero-order valence-electron chi connectivity index (χ0n) is 10.3. The van der Waals surface area contributed by atoms with Gasteiger partial charge in [-0.25, -0.2) is 12.8 Å². The van der Waals surface area contributed by atoms with Crippen LogP contribution in [0.25, 0.3) is 0 Å². The van der Waals surface area contributed by atoms with E-state index in [-0.39, 0.29) is 15.8 Å². The number of rotatable bonds is 2. The number of nitrogens with zero attached hydrogens (tertiary/aromatic N) is 1. The summed E-state index contributed by atoms with van der Waals surface area (Å²) in [4.78, 5) is -0.354. The summed E-state index contributed by atoms with van der Waals surface area (Å²) in [5.74, 6) is -0.0689. The lowest BCUT2D eigenvalue weighted by molar-refractivity contribution is 0.420. The van der Waals surface area contributed by atoms with Crippen LogP contribution in [0.15, 0.2) is 21.5 Å². The fourth-order valence-electron chi connectivity index (χ4n) is 1.89. The molecule has 4 nitrogen and oxygen atoms in total. The SMILES string of the molecule is CC1CN(S(=O)(=O)c2cc(N)c(Br)cc2F)CCS1. The van der Waals surface area contributed by atoms with Gasteiger partial charge in [0.1, 0.15) is 10.7 Å². The Balaban J connectivity index is 2.42. The maximum absolute atomic E-state index is 13.9. The van der Waals surface area contributed by atoms with E-state index in [1.165, 1.54) is 10.4 Å². The van der Waals surface area contributed by atoms with Crippen LogP contribution in [0.3, 0.4) is 0 Å². The van der Waals surface area contributed by atoms with E-state index in [0.717, 1.165) is 6.07 Å². The molecule has 0 spiro atoms. The molecule has 1 aliphatic rings. The molecule has 0 amide bonds. The molecule has 1 saturated heterocycles. The minimum Gasteiger partial charge on any atom is -0.398 e. The van der Waals surface area contributed by atoms with Crippen molar-refractivity contribution in [3.05, 3.63) is 22.4 Å². The van der Waals surface area contributed by atoms with Gasteiger partial charge in [-0.2, -0.15) is 16.1 Å². The summed E-state index contributed by atoms with van der Waals surface area (Å²) in [5.41, 5.74) is 5.85. The highest BCUT2D eigenvalue weighted by Crippen LogP contribution is 2.30. The first-order valence-electron chi connectivity index (χ1n) is 5.68. The molecule has 0 saturated carbocycles. The number of sulfonamides is 1. The van der Waals surface area contributed by atoms with Gasteiger partial charge in [0.05, 0.1) is 0 Å². The lowest BCUT2D eigenvalue weighted by atomic mass is 10.3. The van der Waals surface area contributed by atoms with Crippen molar-refractivity contribution < 1.29 is 12.8 Å². The average molecular weight is 369 g/mol. The Hall–Kier alpha value is -0.310. The summed E-state index contributed by atoms with van der Waals surface area (Å²) >= 11 is 4.79. The van der Waals surface area contributed by atoms with Gasteiger partial charge in [0.15, 0.2) is 0 Å². The molecule has 0 bridgehead atoms. The van der Waals surface area contributed by atoms with Crippen LogP contribution in [0.1, 0.15) is 6.92 Å². The van der Waals surface area contributed by atoms with Gasteiger partial charge in [0.25, 0.3) is 0 Å². The molecule has 1 aromatic rings. The van der Waals surface area contributed by atoms with Gasteiger partial charge in [-0.05, 0) is 28.1 Å². The van der Waals surface area contributed by atoms with Gasteiger partial charge in [-0.1, -0.05) is 6.92 Å². The van der Waals surface area contributed by atoms with Crippen molar-refractivity contribution in [1.82, 2.24) is 4.31 Å². The molecule has 1 atom stereocenters. The third-order valence-corrected chi connectivity index (χ3v) is 6.58. The first-order chi connectivity index (χ1) is 8.82. The summed E-state index contributed by atoms with van der Waals surface area (Å²) in [6.07, 6.45) is 0. The fourth-order valence-corrected chi connectivity index (χ4v) is 5.04. The van der Waals surface area contributed by atoms with Crippen LogP contribution in [-0.4, -0.2) is 36.8 Å². The van der Waals surface area contributed by atoms with Gasteiger partial charge in [-0.15, -0.1) is 0 Å². The normalized spacial score (nSPS) is 21.5. The Morgan fingerprint density at radius 3 is 2.84 bits per heavy atom. The molecule has 1 aromatic carbocycles. The first kappa shape index (κ1) is 15.1. The van der Waals surface area contributed by atoms with Crippen LogP contribution in [-0.2, 0) is 10.0 Å². The lowest BCUT2D eigenvalue weighted by Gasteiger charge is -2.29. The van der Waals surface area contributed by atoms with Crippen LogP contribution in [0.5, 0.6) is 0 Å². The maximum Gasteiger partial charge on any atom is 0.246 e. The molecule has 1 fully saturated rings. The van der Waals surface area contributed by atoms with Gasteiger partial charge in [0.2, 0.25) is 10.0 Å². The number of hydrogen-bond donors (Lipinski definition) is 1. The molecule has 2 N–H and O–H groups in total. The zero-order chi connectivity index (χ0) is 14.2. The number of anilines is 1. The molecule has 1 heterocycles. The molecule has 106 valence electrons. The van der Waals surface area contributed by atoms with E-state index in [9.17, 15) is 12.8 Å². The monoisotopic (exact) mass is 368 g/mol. The molecule has 19 heavy (non-hydrogen) atoms. The predicted octanol–water partition coefficient (Wildman–Crippen LogP) is 2.30. The molecule has 1 aliphatic heterocycles. The second kappa shape index (κ2) is 5.59. The van der Waals surface area contributed by atoms with E-state index in [1.807, 2.05) is 6.92 Å². The van der Waals surface area contributed by atoms with Crippen molar-refractivity contribution in [2.45, 2.75) is 17.1 Å². The summed E-state index contributed by atoms with van der Waals surface area (Å²) < 4.78 is 40.4. The number of hydrogen-bond acceptors (Lipinski definition) is 4. The van der Waals surface area contributed by atoms with Crippen LogP contribution in [0.4, 0.5) is 10.1 Å². The van der Waals surface area contributed by atoms with E-state index < -0.39 is 15.8 Å². The van der Waals surface area contributed by atoms with E-state index >= 15 is 0 Å². The highest BCUT2D eigenvalue weighted by atomic mass is 79.9. The maximum atomic E-state index is 13.9. The van der Waals surface area contributed by atoms with Crippen LogP contribution < -0.4 is 5.73 Å². The average Bonchev–Trinajstić information content (AvgIpc) is 2.33. The third kappa shape index (κ3) is 3.07. The van der Waals surface area contributed by atoms with Crippen molar-refractivity contribution in [1.29, 1.82) is 0 Å². The lowest BCUT2D eigenvalue weighted by Crippen LogP contribution is -2.41.